The van der Waals surface area contributed by atoms with Crippen molar-refractivity contribution in [2.45, 2.75) is 25.4 Å². The van der Waals surface area contributed by atoms with Gasteiger partial charge in [-0.1, -0.05) is 0 Å². The number of thiazole rings is 1. The second kappa shape index (κ2) is 8.04. The van der Waals surface area contributed by atoms with Crippen LogP contribution in [0.4, 0.5) is 5.13 Å². The number of ether oxygens (including phenoxy) is 1. The standard InChI is InChI=1S/C16H18N4O4S/c21-13(18-8-11-3-2-6-24-11)7-10-9-25-16(19-10)20-15(23)12-4-1-5-17-14(12)22/h1,4-5,9,11H,2-3,6-8H2,(H,17,22)(H,18,21)(H,19,20,23)/t11-/m1/s1. The number of anilines is 1. The Morgan fingerprint density at radius 1 is 1.44 bits per heavy atom. The Morgan fingerprint density at radius 2 is 2.32 bits per heavy atom. The Bertz CT molecular complexity index is 810. The van der Waals surface area contributed by atoms with Crippen LogP contribution in [0.25, 0.3) is 0 Å². The molecule has 2 aromatic rings. The van der Waals surface area contributed by atoms with Gasteiger partial charge in [-0.3, -0.25) is 19.7 Å². The highest BCUT2D eigenvalue weighted by molar-refractivity contribution is 7.14. The van der Waals surface area contributed by atoms with E-state index in [4.69, 9.17) is 4.74 Å². The van der Waals surface area contributed by atoms with Crippen LogP contribution in [0.2, 0.25) is 0 Å². The summed E-state index contributed by atoms with van der Waals surface area (Å²) in [5, 5.41) is 7.44. The molecule has 8 nitrogen and oxygen atoms in total. The highest BCUT2D eigenvalue weighted by atomic mass is 32.1. The molecule has 1 aliphatic rings. The number of hydrogen-bond donors (Lipinski definition) is 3. The van der Waals surface area contributed by atoms with Gasteiger partial charge >= 0.3 is 0 Å². The molecule has 25 heavy (non-hydrogen) atoms. The Balaban J connectivity index is 1.51. The Hall–Kier alpha value is -2.52. The number of H-pyrrole nitrogens is 1. The largest absolute Gasteiger partial charge is 0.376 e. The van der Waals surface area contributed by atoms with Crippen molar-refractivity contribution in [1.29, 1.82) is 0 Å². The molecular weight excluding hydrogens is 344 g/mol. The van der Waals surface area contributed by atoms with Crippen molar-refractivity contribution in [2.75, 3.05) is 18.5 Å². The molecule has 1 atom stereocenters. The van der Waals surface area contributed by atoms with Crippen LogP contribution in [0.15, 0.2) is 28.5 Å². The SMILES string of the molecule is O=C(Cc1csc(NC(=O)c2ccc[nH]c2=O)n1)NC[C@H]1CCCO1. The van der Waals surface area contributed by atoms with Gasteiger partial charge in [-0.05, 0) is 25.0 Å². The maximum absolute atomic E-state index is 12.1. The molecule has 0 bridgehead atoms. The first kappa shape index (κ1) is 17.3. The lowest BCUT2D eigenvalue weighted by Gasteiger charge is -2.09. The highest BCUT2D eigenvalue weighted by Gasteiger charge is 2.17. The van der Waals surface area contributed by atoms with E-state index in [1.54, 1.807) is 11.4 Å². The summed E-state index contributed by atoms with van der Waals surface area (Å²) >= 11 is 1.20. The summed E-state index contributed by atoms with van der Waals surface area (Å²) in [6.07, 6.45) is 3.67. The third-order valence-electron chi connectivity index (χ3n) is 3.73. The first-order valence-corrected chi connectivity index (χ1v) is 8.81. The fourth-order valence-electron chi connectivity index (χ4n) is 2.47. The monoisotopic (exact) mass is 362 g/mol. The molecule has 9 heteroatoms. The zero-order valence-corrected chi connectivity index (χ0v) is 14.2. The van der Waals surface area contributed by atoms with Crippen LogP contribution in [0.5, 0.6) is 0 Å². The first-order valence-electron chi connectivity index (χ1n) is 7.93. The van der Waals surface area contributed by atoms with Gasteiger partial charge in [-0.25, -0.2) is 4.98 Å². The van der Waals surface area contributed by atoms with Gasteiger partial charge in [0.15, 0.2) is 5.13 Å². The van der Waals surface area contributed by atoms with Crippen molar-refractivity contribution in [3.8, 4) is 0 Å². The van der Waals surface area contributed by atoms with Crippen LogP contribution in [0.1, 0.15) is 28.9 Å². The maximum atomic E-state index is 12.1. The van der Waals surface area contributed by atoms with Gasteiger partial charge in [0.2, 0.25) is 5.91 Å². The van der Waals surface area contributed by atoms with Crippen molar-refractivity contribution in [1.82, 2.24) is 15.3 Å². The van der Waals surface area contributed by atoms with E-state index < -0.39 is 11.5 Å². The second-order valence-corrected chi connectivity index (χ2v) is 6.49. The quantitative estimate of drug-likeness (QED) is 0.707. The maximum Gasteiger partial charge on any atom is 0.263 e. The van der Waals surface area contributed by atoms with Crippen LogP contribution in [-0.2, 0) is 16.0 Å². The normalized spacial score (nSPS) is 16.6. The van der Waals surface area contributed by atoms with E-state index in [1.165, 1.54) is 23.6 Å². The van der Waals surface area contributed by atoms with E-state index in [9.17, 15) is 14.4 Å². The van der Waals surface area contributed by atoms with E-state index in [1.807, 2.05) is 0 Å². The third-order valence-corrected chi connectivity index (χ3v) is 4.53. The molecule has 2 aromatic heterocycles. The number of rotatable bonds is 6. The number of pyridine rings is 1. The Labute approximate surface area is 147 Å². The van der Waals surface area contributed by atoms with Crippen molar-refractivity contribution >= 4 is 28.3 Å². The lowest BCUT2D eigenvalue weighted by molar-refractivity contribution is -0.121. The molecule has 3 rings (SSSR count). The Morgan fingerprint density at radius 3 is 3.08 bits per heavy atom. The van der Waals surface area contributed by atoms with Crippen molar-refractivity contribution in [2.24, 2.45) is 0 Å². The first-order chi connectivity index (χ1) is 12.1. The zero-order chi connectivity index (χ0) is 17.6. The number of nitrogens with one attached hydrogen (secondary N) is 3. The van der Waals surface area contributed by atoms with E-state index >= 15 is 0 Å². The number of nitrogens with zero attached hydrogens (tertiary/aromatic N) is 1. The van der Waals surface area contributed by atoms with Gasteiger partial charge in [-0.2, -0.15) is 0 Å². The van der Waals surface area contributed by atoms with Gasteiger partial charge in [0.05, 0.1) is 18.2 Å². The molecule has 3 heterocycles. The predicted octanol–water partition coefficient (Wildman–Crippen LogP) is 0.921. The third kappa shape index (κ3) is 4.74. The summed E-state index contributed by atoms with van der Waals surface area (Å²) in [5.74, 6) is -0.677. The lowest BCUT2D eigenvalue weighted by Crippen LogP contribution is -2.32. The van der Waals surface area contributed by atoms with Crippen LogP contribution in [0.3, 0.4) is 0 Å². The highest BCUT2D eigenvalue weighted by Crippen LogP contribution is 2.16. The summed E-state index contributed by atoms with van der Waals surface area (Å²) in [4.78, 5) is 42.2. The average molecular weight is 362 g/mol. The topological polar surface area (TPSA) is 113 Å². The molecule has 2 amide bonds. The number of hydrogen-bond acceptors (Lipinski definition) is 6. The van der Waals surface area contributed by atoms with Gasteiger partial charge < -0.3 is 15.0 Å². The molecule has 132 valence electrons. The fourth-order valence-corrected chi connectivity index (χ4v) is 3.18. The van der Waals surface area contributed by atoms with Crippen LogP contribution < -0.4 is 16.2 Å². The molecule has 0 aromatic carbocycles. The molecule has 3 N–H and O–H groups in total. The van der Waals surface area contributed by atoms with E-state index in [0.717, 1.165) is 19.4 Å². The lowest BCUT2D eigenvalue weighted by atomic mass is 10.2. The minimum Gasteiger partial charge on any atom is -0.376 e. The molecule has 0 unspecified atom stereocenters. The van der Waals surface area contributed by atoms with E-state index in [2.05, 4.69) is 20.6 Å². The van der Waals surface area contributed by atoms with Crippen molar-refractivity contribution < 1.29 is 14.3 Å². The smallest absolute Gasteiger partial charge is 0.263 e. The van der Waals surface area contributed by atoms with Crippen LogP contribution >= 0.6 is 11.3 Å². The number of carbonyl (C=O) groups excluding carboxylic acids is 2. The summed E-state index contributed by atoms with van der Waals surface area (Å²) in [7, 11) is 0. The van der Waals surface area contributed by atoms with Crippen molar-refractivity contribution in [3.05, 3.63) is 45.3 Å². The van der Waals surface area contributed by atoms with Gasteiger partial charge in [0, 0.05) is 24.7 Å². The van der Waals surface area contributed by atoms with E-state index in [0.29, 0.717) is 17.4 Å². The minimum absolute atomic E-state index is 0.00792. The fraction of sp³-hybridized carbons (Fsp3) is 0.375. The molecular formula is C16H18N4O4S. The van der Waals surface area contributed by atoms with Crippen molar-refractivity contribution in [3.63, 3.8) is 0 Å². The summed E-state index contributed by atoms with van der Waals surface area (Å²) in [6, 6.07) is 3.00. The zero-order valence-electron chi connectivity index (χ0n) is 13.4. The number of aromatic amines is 1. The molecule has 1 fully saturated rings. The number of carbonyl (C=O) groups is 2. The second-order valence-electron chi connectivity index (χ2n) is 5.63. The molecule has 0 aliphatic carbocycles. The molecule has 1 aliphatic heterocycles. The van der Waals surface area contributed by atoms with Gasteiger partial charge in [0.25, 0.3) is 11.5 Å². The molecule has 1 saturated heterocycles. The summed E-state index contributed by atoms with van der Waals surface area (Å²) < 4.78 is 5.45. The average Bonchev–Trinajstić information content (AvgIpc) is 3.25. The van der Waals surface area contributed by atoms with E-state index in [-0.39, 0.29) is 24.0 Å². The van der Waals surface area contributed by atoms with Crippen LogP contribution in [0, 0.1) is 0 Å². The van der Waals surface area contributed by atoms with Crippen LogP contribution in [-0.4, -0.2) is 41.0 Å². The van der Waals surface area contributed by atoms with Gasteiger partial charge in [0.1, 0.15) is 5.56 Å². The Kier molecular flexibility index (Phi) is 5.56. The van der Waals surface area contributed by atoms with Gasteiger partial charge in [-0.15, -0.1) is 11.3 Å². The summed E-state index contributed by atoms with van der Waals surface area (Å²) in [6.45, 7) is 1.25. The molecule has 0 radical (unpaired) electrons. The number of aromatic nitrogens is 2. The predicted molar refractivity (Wildman–Crippen MR) is 92.8 cm³/mol. The molecule has 0 saturated carbocycles. The number of amides is 2. The molecule has 0 spiro atoms. The summed E-state index contributed by atoms with van der Waals surface area (Å²) in [5.41, 5.74) is 0.103. The minimum atomic E-state index is -0.536.